The third-order valence-corrected chi connectivity index (χ3v) is 3.87. The molecular weight excluding hydrogens is 275 g/mol. The fourth-order valence-corrected chi connectivity index (χ4v) is 2.28. The van der Waals surface area contributed by atoms with Crippen molar-refractivity contribution < 1.29 is 19.1 Å². The van der Waals surface area contributed by atoms with Gasteiger partial charge in [-0.05, 0) is 25.0 Å². The van der Waals surface area contributed by atoms with Crippen molar-refractivity contribution in [2.24, 2.45) is 5.41 Å². The molecule has 1 heterocycles. The third kappa shape index (κ3) is 3.58. The second-order valence-corrected chi connectivity index (χ2v) is 5.60. The van der Waals surface area contributed by atoms with Crippen LogP contribution in [-0.2, 0) is 22.7 Å². The highest BCUT2D eigenvalue weighted by Crippen LogP contribution is 2.26. The Bertz CT molecular complexity index is 550. The van der Waals surface area contributed by atoms with Crippen LogP contribution in [-0.4, -0.2) is 23.5 Å². The molecule has 1 aromatic rings. The number of amides is 2. The number of piperidine rings is 1. The fourth-order valence-electron chi connectivity index (χ4n) is 2.28. The standard InChI is InChI=1S/C15H19FN2O3/c1-15(5-4-13(20)18-9-15)14(21)17-7-10-2-3-11(8-19)12(16)6-10/h2-3,6,19H,4-5,7-9H2,1H3,(H,17,21)(H,18,20). The zero-order valence-electron chi connectivity index (χ0n) is 11.9. The second-order valence-electron chi connectivity index (χ2n) is 5.60. The van der Waals surface area contributed by atoms with Gasteiger partial charge in [0.05, 0.1) is 12.0 Å². The van der Waals surface area contributed by atoms with Crippen LogP contribution < -0.4 is 10.6 Å². The summed E-state index contributed by atoms with van der Waals surface area (Å²) in [7, 11) is 0. The quantitative estimate of drug-likeness (QED) is 0.770. The number of halogens is 1. The van der Waals surface area contributed by atoms with Crippen LogP contribution in [0.15, 0.2) is 18.2 Å². The van der Waals surface area contributed by atoms with Gasteiger partial charge in [-0.15, -0.1) is 0 Å². The molecule has 1 saturated heterocycles. The van der Waals surface area contributed by atoms with Crippen LogP contribution >= 0.6 is 0 Å². The van der Waals surface area contributed by atoms with Gasteiger partial charge in [-0.1, -0.05) is 12.1 Å². The summed E-state index contributed by atoms with van der Waals surface area (Å²) in [4.78, 5) is 23.4. The van der Waals surface area contributed by atoms with E-state index >= 15 is 0 Å². The molecule has 0 spiro atoms. The Morgan fingerprint density at radius 1 is 1.52 bits per heavy atom. The lowest BCUT2D eigenvalue weighted by Gasteiger charge is -2.32. The molecule has 1 atom stereocenters. The van der Waals surface area contributed by atoms with Crippen molar-refractivity contribution in [2.75, 3.05) is 6.54 Å². The Balaban J connectivity index is 1.94. The minimum absolute atomic E-state index is 0.0399. The molecule has 0 aliphatic carbocycles. The van der Waals surface area contributed by atoms with Crippen molar-refractivity contribution in [2.45, 2.75) is 32.9 Å². The second kappa shape index (κ2) is 6.22. The number of aliphatic hydroxyl groups excluding tert-OH is 1. The molecule has 1 aromatic carbocycles. The summed E-state index contributed by atoms with van der Waals surface area (Å²) in [5, 5.41) is 14.4. The molecule has 0 saturated carbocycles. The number of aliphatic hydroxyl groups is 1. The van der Waals surface area contributed by atoms with Crippen LogP contribution in [0.2, 0.25) is 0 Å². The lowest BCUT2D eigenvalue weighted by atomic mass is 9.81. The Morgan fingerprint density at radius 2 is 2.29 bits per heavy atom. The SMILES string of the molecule is CC1(C(=O)NCc2ccc(CO)c(F)c2)CCC(=O)NC1. The molecule has 1 unspecified atom stereocenters. The lowest BCUT2D eigenvalue weighted by Crippen LogP contribution is -2.50. The van der Waals surface area contributed by atoms with Crippen molar-refractivity contribution in [3.05, 3.63) is 35.1 Å². The van der Waals surface area contributed by atoms with E-state index in [0.29, 0.717) is 24.9 Å². The van der Waals surface area contributed by atoms with E-state index in [-0.39, 0.29) is 30.5 Å². The van der Waals surface area contributed by atoms with Crippen LogP contribution in [0.3, 0.4) is 0 Å². The van der Waals surface area contributed by atoms with Gasteiger partial charge in [-0.2, -0.15) is 0 Å². The molecule has 5 nitrogen and oxygen atoms in total. The predicted molar refractivity (Wildman–Crippen MR) is 74.5 cm³/mol. The summed E-state index contributed by atoms with van der Waals surface area (Å²) in [6.45, 7) is 1.98. The Labute approximate surface area is 122 Å². The first-order chi connectivity index (χ1) is 9.94. The molecule has 6 heteroatoms. The predicted octanol–water partition coefficient (Wildman–Crippen LogP) is 0.850. The number of carbonyl (C=O) groups is 2. The number of benzene rings is 1. The van der Waals surface area contributed by atoms with Crippen LogP contribution in [0.5, 0.6) is 0 Å². The van der Waals surface area contributed by atoms with Gasteiger partial charge in [0.1, 0.15) is 5.82 Å². The van der Waals surface area contributed by atoms with Gasteiger partial charge in [0.25, 0.3) is 0 Å². The van der Waals surface area contributed by atoms with Crippen molar-refractivity contribution in [1.29, 1.82) is 0 Å². The van der Waals surface area contributed by atoms with Crippen LogP contribution in [0.1, 0.15) is 30.9 Å². The minimum atomic E-state index is -0.627. The molecule has 0 bridgehead atoms. The number of rotatable bonds is 4. The molecule has 0 aromatic heterocycles. The molecule has 1 aliphatic rings. The highest BCUT2D eigenvalue weighted by Gasteiger charge is 2.36. The lowest BCUT2D eigenvalue weighted by molar-refractivity contribution is -0.134. The maximum Gasteiger partial charge on any atom is 0.228 e. The molecule has 2 amide bonds. The van der Waals surface area contributed by atoms with Crippen LogP contribution in [0.25, 0.3) is 0 Å². The van der Waals surface area contributed by atoms with E-state index in [1.807, 2.05) is 0 Å². The normalized spacial score (nSPS) is 21.8. The average molecular weight is 294 g/mol. The first-order valence-electron chi connectivity index (χ1n) is 6.88. The molecule has 3 N–H and O–H groups in total. The van der Waals surface area contributed by atoms with Gasteiger partial charge in [-0.3, -0.25) is 9.59 Å². The summed E-state index contributed by atoms with van der Waals surface area (Å²) in [6, 6.07) is 4.47. The number of nitrogens with one attached hydrogen (secondary N) is 2. The van der Waals surface area contributed by atoms with E-state index in [9.17, 15) is 14.0 Å². The van der Waals surface area contributed by atoms with Crippen molar-refractivity contribution in [1.82, 2.24) is 10.6 Å². The van der Waals surface area contributed by atoms with E-state index in [1.165, 1.54) is 12.1 Å². The van der Waals surface area contributed by atoms with E-state index in [0.717, 1.165) is 0 Å². The number of hydrogen-bond donors (Lipinski definition) is 3. The average Bonchev–Trinajstić information content (AvgIpc) is 2.48. The summed E-state index contributed by atoms with van der Waals surface area (Å²) in [5.41, 5.74) is 0.228. The molecular formula is C15H19FN2O3. The fraction of sp³-hybridized carbons (Fsp3) is 0.467. The summed E-state index contributed by atoms with van der Waals surface area (Å²) in [6.07, 6.45) is 0.840. The van der Waals surface area contributed by atoms with Crippen molar-refractivity contribution in [3.8, 4) is 0 Å². The first kappa shape index (κ1) is 15.4. The monoisotopic (exact) mass is 294 g/mol. The van der Waals surface area contributed by atoms with Gasteiger partial charge in [0.15, 0.2) is 0 Å². The van der Waals surface area contributed by atoms with E-state index in [4.69, 9.17) is 5.11 Å². The smallest absolute Gasteiger partial charge is 0.228 e. The highest BCUT2D eigenvalue weighted by molar-refractivity contribution is 5.86. The van der Waals surface area contributed by atoms with Crippen LogP contribution in [0.4, 0.5) is 4.39 Å². The molecule has 1 fully saturated rings. The van der Waals surface area contributed by atoms with E-state index < -0.39 is 11.2 Å². The van der Waals surface area contributed by atoms with Crippen molar-refractivity contribution >= 4 is 11.8 Å². The van der Waals surface area contributed by atoms with Gasteiger partial charge in [0, 0.05) is 25.1 Å². The maximum absolute atomic E-state index is 13.5. The highest BCUT2D eigenvalue weighted by atomic mass is 19.1. The van der Waals surface area contributed by atoms with Gasteiger partial charge in [-0.25, -0.2) is 4.39 Å². The van der Waals surface area contributed by atoms with E-state index in [1.54, 1.807) is 13.0 Å². The Morgan fingerprint density at radius 3 is 2.86 bits per heavy atom. The van der Waals surface area contributed by atoms with E-state index in [2.05, 4.69) is 10.6 Å². The van der Waals surface area contributed by atoms with Crippen LogP contribution in [0, 0.1) is 11.2 Å². The molecule has 21 heavy (non-hydrogen) atoms. The first-order valence-corrected chi connectivity index (χ1v) is 6.88. The minimum Gasteiger partial charge on any atom is -0.392 e. The maximum atomic E-state index is 13.5. The zero-order valence-corrected chi connectivity index (χ0v) is 11.9. The summed E-state index contributed by atoms with van der Waals surface area (Å²) in [5.74, 6) is -0.684. The topological polar surface area (TPSA) is 78.4 Å². The summed E-state index contributed by atoms with van der Waals surface area (Å²) >= 11 is 0. The number of hydrogen-bond acceptors (Lipinski definition) is 3. The van der Waals surface area contributed by atoms with Crippen molar-refractivity contribution in [3.63, 3.8) is 0 Å². The Hall–Kier alpha value is -1.95. The summed E-state index contributed by atoms with van der Waals surface area (Å²) < 4.78 is 13.5. The largest absolute Gasteiger partial charge is 0.392 e. The molecule has 114 valence electrons. The van der Waals surface area contributed by atoms with Gasteiger partial charge >= 0.3 is 0 Å². The molecule has 1 aliphatic heterocycles. The number of carbonyl (C=O) groups excluding carboxylic acids is 2. The Kier molecular flexibility index (Phi) is 4.57. The molecule has 2 rings (SSSR count). The zero-order chi connectivity index (χ0) is 15.5. The molecule has 0 radical (unpaired) electrons. The third-order valence-electron chi connectivity index (χ3n) is 3.87. The van der Waals surface area contributed by atoms with Gasteiger partial charge in [0.2, 0.25) is 11.8 Å². The van der Waals surface area contributed by atoms with Gasteiger partial charge < -0.3 is 15.7 Å².